The fraction of sp³-hybridized carbons (Fsp3) is 0.100. The van der Waals surface area contributed by atoms with Crippen LogP contribution in [-0.4, -0.2) is 14.6 Å². The smallest absolute Gasteiger partial charge is 0.277 e. The maximum absolute atomic E-state index is 14.4. The number of nitrogens with one attached hydrogen (secondary N) is 1. The van der Waals surface area contributed by atoms with Crippen LogP contribution in [0.3, 0.4) is 0 Å². The van der Waals surface area contributed by atoms with E-state index in [4.69, 9.17) is 5.73 Å². The Morgan fingerprint density at radius 2 is 1.78 bits per heavy atom. The van der Waals surface area contributed by atoms with Gasteiger partial charge in [-0.3, -0.25) is 4.79 Å². The summed E-state index contributed by atoms with van der Waals surface area (Å²) in [4.78, 5) is 16.0. The highest BCUT2D eigenvalue weighted by molar-refractivity contribution is 5.82. The molecule has 2 aromatic heterocycles. The molecule has 2 aromatic carbocycles. The van der Waals surface area contributed by atoms with Gasteiger partial charge in [0.25, 0.3) is 5.56 Å². The minimum Gasteiger partial charge on any atom is -0.399 e. The summed E-state index contributed by atoms with van der Waals surface area (Å²) in [5.74, 6) is -1.39. The van der Waals surface area contributed by atoms with Gasteiger partial charge >= 0.3 is 0 Å². The van der Waals surface area contributed by atoms with Crippen molar-refractivity contribution in [2.45, 2.75) is 13.8 Å². The van der Waals surface area contributed by atoms with Crippen molar-refractivity contribution in [2.24, 2.45) is 0 Å². The molecule has 136 valence electrons. The van der Waals surface area contributed by atoms with Crippen LogP contribution in [-0.2, 0) is 0 Å². The van der Waals surface area contributed by atoms with Crippen molar-refractivity contribution in [3.05, 3.63) is 75.7 Å². The van der Waals surface area contributed by atoms with Crippen LogP contribution in [0.1, 0.15) is 11.3 Å². The van der Waals surface area contributed by atoms with Crippen LogP contribution in [0.5, 0.6) is 0 Å². The number of fused-ring (bicyclic) bond motifs is 1. The molecule has 0 spiro atoms. The molecule has 4 aromatic rings. The van der Waals surface area contributed by atoms with Crippen LogP contribution in [0.4, 0.5) is 14.5 Å². The molecule has 3 N–H and O–H groups in total. The van der Waals surface area contributed by atoms with E-state index in [0.29, 0.717) is 33.8 Å². The van der Waals surface area contributed by atoms with Crippen LogP contribution in [0, 0.1) is 25.5 Å². The lowest BCUT2D eigenvalue weighted by Gasteiger charge is -2.09. The van der Waals surface area contributed by atoms with Gasteiger partial charge in [-0.1, -0.05) is 12.1 Å². The maximum atomic E-state index is 14.4. The van der Waals surface area contributed by atoms with E-state index < -0.39 is 11.6 Å². The second-order valence-electron chi connectivity index (χ2n) is 6.40. The highest BCUT2D eigenvalue weighted by Gasteiger charge is 2.20. The molecule has 0 radical (unpaired) electrons. The SMILES string of the molecule is Cc1nn2c(=O)c(C)c(-c3ccc(N)cc3)[nH]c2c1-c1ccc(F)cc1F. The van der Waals surface area contributed by atoms with E-state index in [9.17, 15) is 13.6 Å². The van der Waals surface area contributed by atoms with Crippen molar-refractivity contribution in [1.29, 1.82) is 0 Å². The van der Waals surface area contributed by atoms with E-state index in [2.05, 4.69) is 10.1 Å². The molecule has 0 fully saturated rings. The van der Waals surface area contributed by atoms with Crippen molar-refractivity contribution in [3.8, 4) is 22.4 Å². The fourth-order valence-electron chi connectivity index (χ4n) is 3.22. The van der Waals surface area contributed by atoms with Gasteiger partial charge in [0, 0.05) is 22.9 Å². The van der Waals surface area contributed by atoms with Gasteiger partial charge in [0.15, 0.2) is 0 Å². The average molecular weight is 366 g/mol. The molecule has 0 unspecified atom stereocenters. The summed E-state index contributed by atoms with van der Waals surface area (Å²) in [7, 11) is 0. The predicted octanol–water partition coefficient (Wildman–Crippen LogP) is 3.83. The molecular formula is C20H16F2N4O. The van der Waals surface area contributed by atoms with Gasteiger partial charge in [0.05, 0.1) is 17.0 Å². The van der Waals surface area contributed by atoms with E-state index >= 15 is 0 Å². The Bertz CT molecular complexity index is 1240. The van der Waals surface area contributed by atoms with Crippen molar-refractivity contribution in [2.75, 3.05) is 5.73 Å². The van der Waals surface area contributed by atoms with Crippen molar-refractivity contribution in [3.63, 3.8) is 0 Å². The lowest BCUT2D eigenvalue weighted by molar-refractivity contribution is 0.585. The molecule has 0 aliphatic carbocycles. The summed E-state index contributed by atoms with van der Waals surface area (Å²) in [6.45, 7) is 3.37. The largest absolute Gasteiger partial charge is 0.399 e. The highest BCUT2D eigenvalue weighted by Crippen LogP contribution is 2.31. The number of rotatable bonds is 2. The van der Waals surface area contributed by atoms with Crippen LogP contribution >= 0.6 is 0 Å². The Balaban J connectivity index is 2.06. The molecule has 2 heterocycles. The van der Waals surface area contributed by atoms with E-state index in [0.717, 1.165) is 11.6 Å². The molecule has 0 bridgehead atoms. The zero-order valence-corrected chi connectivity index (χ0v) is 14.7. The number of nitrogens with zero attached hydrogens (tertiary/aromatic N) is 2. The third kappa shape index (κ3) is 2.68. The molecule has 0 aliphatic rings. The Morgan fingerprint density at radius 1 is 1.07 bits per heavy atom. The lowest BCUT2D eigenvalue weighted by atomic mass is 10.0. The normalized spacial score (nSPS) is 11.3. The number of hydrogen-bond acceptors (Lipinski definition) is 3. The lowest BCUT2D eigenvalue weighted by Crippen LogP contribution is -2.19. The van der Waals surface area contributed by atoms with Gasteiger partial charge in [-0.05, 0) is 43.7 Å². The number of nitrogens with two attached hydrogens (primary N) is 1. The summed E-state index contributed by atoms with van der Waals surface area (Å²) in [6, 6.07) is 10.4. The van der Waals surface area contributed by atoms with Crippen LogP contribution < -0.4 is 11.3 Å². The second-order valence-corrected chi connectivity index (χ2v) is 6.40. The minimum absolute atomic E-state index is 0.173. The van der Waals surface area contributed by atoms with Crippen LogP contribution in [0.2, 0.25) is 0 Å². The van der Waals surface area contributed by atoms with Crippen molar-refractivity contribution >= 4 is 11.3 Å². The Morgan fingerprint density at radius 3 is 2.44 bits per heavy atom. The standard InChI is InChI=1S/C20H16F2N4O/c1-10-18(12-3-6-14(23)7-4-12)24-19-17(11(2)25-26(19)20(10)27)15-8-5-13(21)9-16(15)22/h3-9,24H,23H2,1-2H3. The van der Waals surface area contributed by atoms with E-state index in [1.807, 2.05) is 0 Å². The molecule has 7 heteroatoms. The van der Waals surface area contributed by atoms with Gasteiger partial charge in [0.2, 0.25) is 0 Å². The first-order valence-corrected chi connectivity index (χ1v) is 8.30. The Kier molecular flexibility index (Phi) is 3.80. The number of H-pyrrole nitrogens is 1. The summed E-state index contributed by atoms with van der Waals surface area (Å²) < 4.78 is 28.9. The number of nitrogen functional groups attached to an aromatic ring is 1. The zero-order valence-electron chi connectivity index (χ0n) is 14.7. The number of benzene rings is 2. The van der Waals surface area contributed by atoms with Gasteiger partial charge in [-0.25, -0.2) is 8.78 Å². The third-order valence-electron chi connectivity index (χ3n) is 4.59. The number of hydrogen-bond donors (Lipinski definition) is 2. The predicted molar refractivity (Wildman–Crippen MR) is 100 cm³/mol. The van der Waals surface area contributed by atoms with Gasteiger partial charge < -0.3 is 10.7 Å². The van der Waals surface area contributed by atoms with Gasteiger partial charge in [-0.15, -0.1) is 0 Å². The summed E-state index contributed by atoms with van der Waals surface area (Å²) in [5.41, 5.74) is 9.27. The summed E-state index contributed by atoms with van der Waals surface area (Å²) in [5, 5.41) is 4.25. The first-order chi connectivity index (χ1) is 12.9. The van der Waals surface area contributed by atoms with E-state index in [1.165, 1.54) is 16.6 Å². The van der Waals surface area contributed by atoms with Gasteiger partial charge in [-0.2, -0.15) is 9.61 Å². The molecule has 5 nitrogen and oxygen atoms in total. The van der Waals surface area contributed by atoms with Crippen LogP contribution in [0.15, 0.2) is 47.3 Å². The molecule has 0 saturated heterocycles. The van der Waals surface area contributed by atoms with E-state index in [1.54, 1.807) is 38.1 Å². The van der Waals surface area contributed by atoms with E-state index in [-0.39, 0.29) is 11.1 Å². The average Bonchev–Trinajstić information content (AvgIpc) is 2.95. The monoisotopic (exact) mass is 366 g/mol. The van der Waals surface area contributed by atoms with Crippen molar-refractivity contribution in [1.82, 2.24) is 14.6 Å². The molecule has 4 rings (SSSR count). The molecule has 0 aliphatic heterocycles. The highest BCUT2D eigenvalue weighted by atomic mass is 19.1. The Hall–Kier alpha value is -3.48. The zero-order chi connectivity index (χ0) is 19.3. The molecule has 0 atom stereocenters. The van der Waals surface area contributed by atoms with Crippen LogP contribution in [0.25, 0.3) is 28.0 Å². The maximum Gasteiger partial charge on any atom is 0.277 e. The number of halogens is 2. The number of aryl methyl sites for hydroxylation is 1. The second kappa shape index (κ2) is 6.05. The minimum atomic E-state index is -0.719. The van der Waals surface area contributed by atoms with Crippen molar-refractivity contribution < 1.29 is 8.78 Å². The third-order valence-corrected chi connectivity index (χ3v) is 4.59. The number of anilines is 1. The Labute approximate surface area is 153 Å². The molecule has 0 saturated carbocycles. The summed E-state index contributed by atoms with van der Waals surface area (Å²) >= 11 is 0. The first kappa shape index (κ1) is 17.0. The molecule has 27 heavy (non-hydrogen) atoms. The molecular weight excluding hydrogens is 350 g/mol. The molecule has 0 amide bonds. The first-order valence-electron chi connectivity index (χ1n) is 8.30. The van der Waals surface area contributed by atoms with Gasteiger partial charge in [0.1, 0.15) is 17.3 Å². The summed E-state index contributed by atoms with van der Waals surface area (Å²) in [6.07, 6.45) is 0. The number of aromatic nitrogens is 3. The fourth-order valence-corrected chi connectivity index (χ4v) is 3.22. The number of aromatic amines is 1. The quantitative estimate of drug-likeness (QED) is 0.529. The topological polar surface area (TPSA) is 76.2 Å².